The van der Waals surface area contributed by atoms with E-state index in [1.54, 1.807) is 33.8 Å². The van der Waals surface area contributed by atoms with Crippen molar-refractivity contribution in [3.8, 4) is 0 Å². The summed E-state index contributed by atoms with van der Waals surface area (Å²) in [7, 11) is 0. The molecule has 0 aliphatic rings. The molecule has 0 saturated carbocycles. The van der Waals surface area contributed by atoms with Crippen LogP contribution in [-0.2, 0) is 13.1 Å². The van der Waals surface area contributed by atoms with Gasteiger partial charge in [0.25, 0.3) is 0 Å². The van der Waals surface area contributed by atoms with Crippen molar-refractivity contribution in [2.24, 2.45) is 0 Å². The fourth-order valence-electron chi connectivity index (χ4n) is 1.66. The first-order valence-corrected chi connectivity index (χ1v) is 5.53. The first kappa shape index (κ1) is 11.4. The Balaban J connectivity index is 2.22. The molecule has 0 bridgehead atoms. The van der Waals surface area contributed by atoms with Gasteiger partial charge in [0.05, 0.1) is 12.2 Å². The Bertz CT molecular complexity index is 557. The molecule has 0 amide bonds. The molecular formula is C11H15N5O. The van der Waals surface area contributed by atoms with Crippen LogP contribution in [0.3, 0.4) is 0 Å². The van der Waals surface area contributed by atoms with Gasteiger partial charge in [-0.25, -0.2) is 14.8 Å². The van der Waals surface area contributed by atoms with Crippen LogP contribution in [-0.4, -0.2) is 19.1 Å². The molecule has 6 heteroatoms. The van der Waals surface area contributed by atoms with Crippen LogP contribution in [0.25, 0.3) is 0 Å². The molecule has 2 aromatic rings. The Morgan fingerprint density at radius 1 is 1.35 bits per heavy atom. The predicted molar refractivity (Wildman–Crippen MR) is 64.5 cm³/mol. The average molecular weight is 233 g/mol. The first-order valence-electron chi connectivity index (χ1n) is 5.53. The molecule has 0 aromatic carbocycles. The fourth-order valence-corrected chi connectivity index (χ4v) is 1.66. The van der Waals surface area contributed by atoms with E-state index in [1.165, 1.54) is 0 Å². The van der Waals surface area contributed by atoms with Crippen LogP contribution in [0.1, 0.15) is 19.0 Å². The van der Waals surface area contributed by atoms with Crippen LogP contribution in [0, 0.1) is 0 Å². The highest BCUT2D eigenvalue weighted by atomic mass is 16.1. The maximum Gasteiger partial charge on any atom is 0.328 e. The lowest BCUT2D eigenvalue weighted by Crippen LogP contribution is -2.24. The van der Waals surface area contributed by atoms with Crippen LogP contribution < -0.4 is 11.4 Å². The number of nitrogen functional groups attached to an aromatic ring is 1. The molecule has 2 heterocycles. The standard InChI is InChI=1S/C11H15N5O/c1-2-5-15-6-7-16(11(15)17)8-9-3-4-13-10(12)14-9/h3-4,6-7H,2,5,8H2,1H3,(H2,12,13,14). The highest BCUT2D eigenvalue weighted by Gasteiger charge is 2.04. The Morgan fingerprint density at radius 2 is 2.12 bits per heavy atom. The van der Waals surface area contributed by atoms with Gasteiger partial charge in [0.15, 0.2) is 0 Å². The lowest BCUT2D eigenvalue weighted by molar-refractivity contribution is 0.621. The van der Waals surface area contributed by atoms with E-state index in [0.717, 1.165) is 18.7 Å². The first-order chi connectivity index (χ1) is 8.20. The summed E-state index contributed by atoms with van der Waals surface area (Å²) in [5.41, 5.74) is 6.19. The van der Waals surface area contributed by atoms with Crippen LogP contribution in [0.15, 0.2) is 29.5 Å². The van der Waals surface area contributed by atoms with Crippen LogP contribution in [0.2, 0.25) is 0 Å². The summed E-state index contributed by atoms with van der Waals surface area (Å²) < 4.78 is 3.29. The van der Waals surface area contributed by atoms with Gasteiger partial charge in [0.2, 0.25) is 5.95 Å². The van der Waals surface area contributed by atoms with Gasteiger partial charge in [-0.05, 0) is 12.5 Å². The number of anilines is 1. The molecule has 2 N–H and O–H groups in total. The van der Waals surface area contributed by atoms with Gasteiger partial charge in [0.1, 0.15) is 0 Å². The zero-order valence-corrected chi connectivity index (χ0v) is 9.71. The van der Waals surface area contributed by atoms with Crippen molar-refractivity contribution in [1.82, 2.24) is 19.1 Å². The zero-order chi connectivity index (χ0) is 12.3. The monoisotopic (exact) mass is 233 g/mol. The Hall–Kier alpha value is -2.11. The molecule has 0 aliphatic carbocycles. The summed E-state index contributed by atoms with van der Waals surface area (Å²) in [6.45, 7) is 3.19. The second-order valence-electron chi connectivity index (χ2n) is 3.81. The molecule has 0 atom stereocenters. The van der Waals surface area contributed by atoms with E-state index in [9.17, 15) is 4.79 Å². The molecule has 0 radical (unpaired) electrons. The van der Waals surface area contributed by atoms with Gasteiger partial charge in [-0.1, -0.05) is 6.92 Å². The molecule has 0 aliphatic heterocycles. The molecule has 2 aromatic heterocycles. The minimum atomic E-state index is -0.0240. The summed E-state index contributed by atoms with van der Waals surface area (Å²) >= 11 is 0. The van der Waals surface area contributed by atoms with Gasteiger partial charge >= 0.3 is 5.69 Å². The molecular weight excluding hydrogens is 218 g/mol. The maximum atomic E-state index is 11.9. The van der Waals surface area contributed by atoms with Crippen molar-refractivity contribution in [2.45, 2.75) is 26.4 Å². The third-order valence-electron chi connectivity index (χ3n) is 2.45. The highest BCUT2D eigenvalue weighted by Crippen LogP contribution is 1.99. The van der Waals surface area contributed by atoms with E-state index in [0.29, 0.717) is 6.54 Å². The van der Waals surface area contributed by atoms with Gasteiger partial charge in [-0.2, -0.15) is 0 Å². The van der Waals surface area contributed by atoms with E-state index < -0.39 is 0 Å². The van der Waals surface area contributed by atoms with Crippen LogP contribution in [0.4, 0.5) is 5.95 Å². The van der Waals surface area contributed by atoms with E-state index in [-0.39, 0.29) is 11.6 Å². The summed E-state index contributed by atoms with van der Waals surface area (Å²) in [4.78, 5) is 19.8. The molecule has 0 unspecified atom stereocenters. The average Bonchev–Trinajstić information content (AvgIpc) is 2.62. The second kappa shape index (κ2) is 4.82. The number of imidazole rings is 1. The number of nitrogens with zero attached hydrogens (tertiary/aromatic N) is 4. The zero-order valence-electron chi connectivity index (χ0n) is 9.71. The SMILES string of the molecule is CCCn1ccn(Cc2ccnc(N)n2)c1=O. The number of nitrogens with two attached hydrogens (primary N) is 1. The summed E-state index contributed by atoms with van der Waals surface area (Å²) in [5.74, 6) is 0.225. The summed E-state index contributed by atoms with van der Waals surface area (Å²) in [5, 5.41) is 0. The second-order valence-corrected chi connectivity index (χ2v) is 3.81. The molecule has 2 rings (SSSR count). The van der Waals surface area contributed by atoms with Gasteiger partial charge in [-0.15, -0.1) is 0 Å². The predicted octanol–water partition coefficient (Wildman–Crippen LogP) is 0.480. The summed E-state index contributed by atoms with van der Waals surface area (Å²) in [6, 6.07) is 1.75. The minimum absolute atomic E-state index is 0.0240. The summed E-state index contributed by atoms with van der Waals surface area (Å²) in [6.07, 6.45) is 6.07. The fraction of sp³-hybridized carbons (Fsp3) is 0.364. The molecule has 90 valence electrons. The van der Waals surface area contributed by atoms with Crippen molar-refractivity contribution in [2.75, 3.05) is 5.73 Å². The number of hydrogen-bond acceptors (Lipinski definition) is 4. The number of hydrogen-bond donors (Lipinski definition) is 1. The molecule has 0 spiro atoms. The van der Waals surface area contributed by atoms with Crippen molar-refractivity contribution in [3.63, 3.8) is 0 Å². The van der Waals surface area contributed by atoms with Gasteiger partial charge in [-0.3, -0.25) is 9.13 Å². The van der Waals surface area contributed by atoms with Crippen molar-refractivity contribution >= 4 is 5.95 Å². The van der Waals surface area contributed by atoms with E-state index in [1.807, 2.05) is 6.92 Å². The minimum Gasteiger partial charge on any atom is -0.368 e. The molecule has 0 fully saturated rings. The number of rotatable bonds is 4. The number of aromatic nitrogens is 4. The van der Waals surface area contributed by atoms with Crippen molar-refractivity contribution in [1.29, 1.82) is 0 Å². The van der Waals surface area contributed by atoms with Crippen LogP contribution in [0.5, 0.6) is 0 Å². The smallest absolute Gasteiger partial charge is 0.328 e. The molecule has 6 nitrogen and oxygen atoms in total. The molecule has 0 saturated heterocycles. The van der Waals surface area contributed by atoms with E-state index >= 15 is 0 Å². The third-order valence-corrected chi connectivity index (χ3v) is 2.45. The van der Waals surface area contributed by atoms with Gasteiger partial charge in [0, 0.05) is 25.1 Å². The normalized spacial score (nSPS) is 10.6. The lowest BCUT2D eigenvalue weighted by Gasteiger charge is -2.01. The maximum absolute atomic E-state index is 11.9. The highest BCUT2D eigenvalue weighted by molar-refractivity contribution is 5.17. The van der Waals surface area contributed by atoms with E-state index in [2.05, 4.69) is 9.97 Å². The van der Waals surface area contributed by atoms with Crippen molar-refractivity contribution < 1.29 is 0 Å². The third kappa shape index (κ3) is 2.52. The molecule has 17 heavy (non-hydrogen) atoms. The quantitative estimate of drug-likeness (QED) is 0.833. The Kier molecular flexibility index (Phi) is 3.22. The number of aryl methyl sites for hydroxylation is 1. The van der Waals surface area contributed by atoms with Crippen molar-refractivity contribution in [3.05, 3.63) is 40.8 Å². The van der Waals surface area contributed by atoms with Crippen LogP contribution >= 0.6 is 0 Å². The topological polar surface area (TPSA) is 78.7 Å². The Morgan fingerprint density at radius 3 is 2.82 bits per heavy atom. The van der Waals surface area contributed by atoms with Gasteiger partial charge < -0.3 is 5.73 Å². The largest absolute Gasteiger partial charge is 0.368 e. The van der Waals surface area contributed by atoms with E-state index in [4.69, 9.17) is 5.73 Å². The Labute approximate surface area is 98.7 Å². The lowest BCUT2D eigenvalue weighted by atomic mass is 10.4.